The molecule has 70 valence electrons. The Hall–Kier alpha value is -0.520. The van der Waals surface area contributed by atoms with Gasteiger partial charge in [0.05, 0.1) is 0 Å². The van der Waals surface area contributed by atoms with E-state index in [-0.39, 0.29) is 0 Å². The van der Waals surface area contributed by atoms with Crippen LogP contribution in [0.15, 0.2) is 24.8 Å². The molecule has 0 fully saturated rings. The van der Waals surface area contributed by atoms with Gasteiger partial charge in [-0.05, 0) is 18.8 Å². The molecular weight excluding hydrogens is 144 g/mol. The quantitative estimate of drug-likeness (QED) is 0.494. The predicted molar refractivity (Wildman–Crippen MR) is 57.3 cm³/mol. The van der Waals surface area contributed by atoms with Gasteiger partial charge in [0.2, 0.25) is 0 Å². The molecule has 0 bridgehead atoms. The maximum absolute atomic E-state index is 3.69. The summed E-state index contributed by atoms with van der Waals surface area (Å²) >= 11 is 0. The average Bonchev–Trinajstić information content (AvgIpc) is 2.10. The van der Waals surface area contributed by atoms with Crippen molar-refractivity contribution in [1.82, 2.24) is 0 Å². The van der Waals surface area contributed by atoms with E-state index in [1.165, 1.54) is 32.1 Å². The van der Waals surface area contributed by atoms with Crippen LogP contribution in [-0.4, -0.2) is 0 Å². The molecule has 0 heteroatoms. The van der Waals surface area contributed by atoms with Gasteiger partial charge < -0.3 is 0 Å². The average molecular weight is 166 g/mol. The first kappa shape index (κ1) is 11.5. The minimum atomic E-state index is 0.785. The Bertz CT molecular complexity index is 122. The van der Waals surface area contributed by atoms with E-state index in [0.717, 1.165) is 5.92 Å². The number of rotatable bonds is 7. The zero-order valence-electron chi connectivity index (χ0n) is 8.55. The van der Waals surface area contributed by atoms with Gasteiger partial charge in [-0.1, -0.05) is 57.9 Å². The lowest BCUT2D eigenvalue weighted by Gasteiger charge is -2.09. The lowest BCUT2D eigenvalue weighted by atomic mass is 9.97. The summed E-state index contributed by atoms with van der Waals surface area (Å²) < 4.78 is 0. The molecule has 0 radical (unpaired) electrons. The van der Waals surface area contributed by atoms with Crippen LogP contribution in [-0.2, 0) is 0 Å². The van der Waals surface area contributed by atoms with Crippen LogP contribution in [0.4, 0.5) is 0 Å². The number of hydrogen-bond donors (Lipinski definition) is 0. The molecule has 0 aliphatic carbocycles. The smallest absolute Gasteiger partial charge is 0.0230 e. The van der Waals surface area contributed by atoms with E-state index in [1.807, 2.05) is 6.08 Å². The van der Waals surface area contributed by atoms with E-state index in [2.05, 4.69) is 32.6 Å². The van der Waals surface area contributed by atoms with Crippen LogP contribution in [0.3, 0.4) is 0 Å². The van der Waals surface area contributed by atoms with Gasteiger partial charge in [0.15, 0.2) is 0 Å². The topological polar surface area (TPSA) is 0 Å². The molecule has 0 aromatic rings. The molecule has 0 saturated carbocycles. The highest BCUT2D eigenvalue weighted by Gasteiger charge is 2.01. The van der Waals surface area contributed by atoms with Crippen molar-refractivity contribution in [2.24, 2.45) is 5.92 Å². The molecule has 0 aliphatic heterocycles. The minimum Gasteiger partial charge on any atom is -0.0991 e. The van der Waals surface area contributed by atoms with Crippen molar-refractivity contribution in [1.29, 1.82) is 0 Å². The van der Waals surface area contributed by atoms with Gasteiger partial charge >= 0.3 is 0 Å². The van der Waals surface area contributed by atoms with Crippen LogP contribution in [0.5, 0.6) is 0 Å². The van der Waals surface area contributed by atoms with Gasteiger partial charge in [0.1, 0.15) is 0 Å². The summed E-state index contributed by atoms with van der Waals surface area (Å²) in [5.74, 6) is 0.785. The summed E-state index contributed by atoms with van der Waals surface area (Å²) in [6, 6.07) is 0. The van der Waals surface area contributed by atoms with Gasteiger partial charge in [-0.25, -0.2) is 0 Å². The van der Waals surface area contributed by atoms with Crippen LogP contribution >= 0.6 is 0 Å². The second kappa shape index (κ2) is 8.58. The van der Waals surface area contributed by atoms with Crippen LogP contribution in [0, 0.1) is 5.92 Å². The summed E-state index contributed by atoms with van der Waals surface area (Å²) in [5.41, 5.74) is 0. The van der Waals surface area contributed by atoms with Crippen molar-refractivity contribution >= 4 is 0 Å². The van der Waals surface area contributed by atoms with Crippen molar-refractivity contribution in [3.63, 3.8) is 0 Å². The van der Waals surface area contributed by atoms with Crippen molar-refractivity contribution < 1.29 is 0 Å². The van der Waals surface area contributed by atoms with Crippen LogP contribution in [0.1, 0.15) is 46.0 Å². The lowest BCUT2D eigenvalue weighted by Crippen LogP contribution is -1.95. The second-order valence-electron chi connectivity index (χ2n) is 3.31. The van der Waals surface area contributed by atoms with E-state index in [0.29, 0.717) is 0 Å². The Balaban J connectivity index is 3.68. The fourth-order valence-electron chi connectivity index (χ4n) is 1.41. The molecule has 0 amide bonds. The molecule has 12 heavy (non-hydrogen) atoms. The van der Waals surface area contributed by atoms with Gasteiger partial charge in [-0.3, -0.25) is 0 Å². The minimum absolute atomic E-state index is 0.785. The zero-order chi connectivity index (χ0) is 9.23. The van der Waals surface area contributed by atoms with E-state index < -0.39 is 0 Å². The summed E-state index contributed by atoms with van der Waals surface area (Å²) in [4.78, 5) is 0. The van der Waals surface area contributed by atoms with Crippen molar-refractivity contribution in [2.75, 3.05) is 0 Å². The molecule has 0 rings (SSSR count). The maximum Gasteiger partial charge on any atom is -0.0230 e. The van der Waals surface area contributed by atoms with Crippen LogP contribution in [0.2, 0.25) is 0 Å². The fraction of sp³-hybridized carbons (Fsp3) is 0.667. The van der Waals surface area contributed by atoms with Crippen LogP contribution < -0.4 is 0 Å². The lowest BCUT2D eigenvalue weighted by molar-refractivity contribution is 0.512. The molecule has 0 heterocycles. The van der Waals surface area contributed by atoms with Gasteiger partial charge in [-0.15, -0.1) is 0 Å². The molecule has 0 aliphatic rings. The van der Waals surface area contributed by atoms with E-state index in [9.17, 15) is 0 Å². The summed E-state index contributed by atoms with van der Waals surface area (Å²) in [6.45, 7) is 8.19. The third-order valence-corrected chi connectivity index (χ3v) is 2.11. The molecule has 0 saturated heterocycles. The van der Waals surface area contributed by atoms with E-state index >= 15 is 0 Å². The monoisotopic (exact) mass is 166 g/mol. The molecule has 0 nitrogen and oxygen atoms in total. The van der Waals surface area contributed by atoms with Gasteiger partial charge in [0.25, 0.3) is 0 Å². The third-order valence-electron chi connectivity index (χ3n) is 2.11. The molecule has 0 aromatic carbocycles. The normalized spacial score (nSPS) is 13.5. The maximum atomic E-state index is 3.69. The van der Waals surface area contributed by atoms with Crippen molar-refractivity contribution in [2.45, 2.75) is 46.0 Å². The Kier molecular flexibility index (Phi) is 8.20. The largest absolute Gasteiger partial charge is 0.0991 e. The van der Waals surface area contributed by atoms with E-state index in [4.69, 9.17) is 0 Å². The molecule has 1 unspecified atom stereocenters. The first-order valence-corrected chi connectivity index (χ1v) is 5.14. The molecular formula is C12H22. The SMILES string of the molecule is C=CC=CC(CCC)CCCC. The summed E-state index contributed by atoms with van der Waals surface area (Å²) in [6.07, 6.45) is 12.9. The molecule has 1 atom stereocenters. The van der Waals surface area contributed by atoms with Crippen molar-refractivity contribution in [3.8, 4) is 0 Å². The highest BCUT2D eigenvalue weighted by molar-refractivity contribution is 4.99. The first-order valence-electron chi connectivity index (χ1n) is 5.14. The Morgan fingerprint density at radius 2 is 1.92 bits per heavy atom. The number of unbranched alkanes of at least 4 members (excludes halogenated alkanes) is 1. The summed E-state index contributed by atoms with van der Waals surface area (Å²) in [7, 11) is 0. The van der Waals surface area contributed by atoms with Crippen LogP contribution in [0.25, 0.3) is 0 Å². The highest BCUT2D eigenvalue weighted by Crippen LogP contribution is 2.15. The Labute approximate surface area is 77.4 Å². The van der Waals surface area contributed by atoms with Crippen molar-refractivity contribution in [3.05, 3.63) is 24.8 Å². The van der Waals surface area contributed by atoms with E-state index in [1.54, 1.807) is 0 Å². The second-order valence-corrected chi connectivity index (χ2v) is 3.31. The third kappa shape index (κ3) is 6.21. The molecule has 0 N–H and O–H groups in total. The highest BCUT2D eigenvalue weighted by atomic mass is 14.1. The predicted octanol–water partition coefficient (Wildman–Crippen LogP) is 4.34. The number of allylic oxidation sites excluding steroid dienone is 3. The molecule has 0 spiro atoms. The van der Waals surface area contributed by atoms with Gasteiger partial charge in [-0.2, -0.15) is 0 Å². The van der Waals surface area contributed by atoms with Gasteiger partial charge in [0, 0.05) is 0 Å². The zero-order valence-corrected chi connectivity index (χ0v) is 8.55. The molecule has 0 aromatic heterocycles. The fourth-order valence-corrected chi connectivity index (χ4v) is 1.41. The Morgan fingerprint density at radius 1 is 1.17 bits per heavy atom. The first-order chi connectivity index (χ1) is 5.85. The number of hydrogen-bond acceptors (Lipinski definition) is 0. The summed E-state index contributed by atoms with van der Waals surface area (Å²) in [5, 5.41) is 0. The standard InChI is InChI=1S/C12H22/c1-4-7-10-12(9-6-3)11-8-5-2/h4,7,10,12H,1,5-6,8-9,11H2,2-3H3. The Morgan fingerprint density at radius 3 is 2.42 bits per heavy atom.